The van der Waals surface area contributed by atoms with Gasteiger partial charge < -0.3 is 9.47 Å². The van der Waals surface area contributed by atoms with E-state index >= 15 is 0 Å². The Morgan fingerprint density at radius 2 is 1.95 bits per heavy atom. The predicted octanol–water partition coefficient (Wildman–Crippen LogP) is 3.78. The Bertz CT molecular complexity index is 602. The van der Waals surface area contributed by atoms with Crippen molar-refractivity contribution < 1.29 is 14.3 Å². The minimum atomic E-state index is -0.493. The zero-order valence-electron chi connectivity index (χ0n) is 12.1. The van der Waals surface area contributed by atoms with E-state index in [1.54, 1.807) is 6.08 Å². The number of halogens is 1. The monoisotopic (exact) mass is 307 g/mol. The first-order valence-electron chi connectivity index (χ1n) is 7.42. The summed E-state index contributed by atoms with van der Waals surface area (Å²) in [5.74, 6) is 1.34. The Morgan fingerprint density at radius 3 is 2.57 bits per heavy atom. The molecule has 1 heterocycles. The molecule has 1 aromatic carbocycles. The summed E-state index contributed by atoms with van der Waals surface area (Å²) in [5, 5.41) is 0.532. The van der Waals surface area contributed by atoms with E-state index < -0.39 is 5.54 Å². The number of isocyanates is 1. The van der Waals surface area contributed by atoms with Gasteiger partial charge in [0, 0.05) is 5.56 Å². The molecule has 0 N–H and O–H groups in total. The van der Waals surface area contributed by atoms with Gasteiger partial charge in [0.05, 0.1) is 10.6 Å². The van der Waals surface area contributed by atoms with Crippen molar-refractivity contribution in [1.29, 1.82) is 0 Å². The molecule has 1 aliphatic carbocycles. The summed E-state index contributed by atoms with van der Waals surface area (Å²) >= 11 is 6.37. The van der Waals surface area contributed by atoms with Crippen LogP contribution in [0.25, 0.3) is 0 Å². The predicted molar refractivity (Wildman–Crippen MR) is 80.1 cm³/mol. The molecule has 0 spiro atoms. The van der Waals surface area contributed by atoms with Crippen LogP contribution in [0.4, 0.5) is 0 Å². The number of hydrogen-bond acceptors (Lipinski definition) is 4. The quantitative estimate of drug-likeness (QED) is 0.630. The average molecular weight is 308 g/mol. The van der Waals surface area contributed by atoms with Crippen molar-refractivity contribution in [1.82, 2.24) is 0 Å². The van der Waals surface area contributed by atoms with Gasteiger partial charge >= 0.3 is 0 Å². The molecule has 1 fully saturated rings. The lowest BCUT2D eigenvalue weighted by Gasteiger charge is -2.30. The van der Waals surface area contributed by atoms with Gasteiger partial charge in [-0.3, -0.25) is 0 Å². The zero-order chi connectivity index (χ0) is 14.9. The summed E-state index contributed by atoms with van der Waals surface area (Å²) in [5.41, 5.74) is 1.56. The van der Waals surface area contributed by atoms with Gasteiger partial charge in [-0.05, 0) is 30.9 Å². The van der Waals surface area contributed by atoms with Crippen molar-refractivity contribution in [3.63, 3.8) is 0 Å². The molecule has 1 saturated carbocycles. The lowest BCUT2D eigenvalue weighted by Crippen LogP contribution is -2.24. The van der Waals surface area contributed by atoms with Crippen LogP contribution in [0.15, 0.2) is 11.1 Å². The largest absolute Gasteiger partial charge is 0.486 e. The van der Waals surface area contributed by atoms with Crippen LogP contribution in [0.1, 0.15) is 43.7 Å². The average Bonchev–Trinajstić information content (AvgIpc) is 2.97. The number of benzene rings is 1. The number of fused-ring (bicyclic) bond motifs is 1. The molecule has 21 heavy (non-hydrogen) atoms. The van der Waals surface area contributed by atoms with E-state index in [9.17, 15) is 4.79 Å². The lowest BCUT2D eigenvalue weighted by atomic mass is 9.84. The second kappa shape index (κ2) is 5.70. The fourth-order valence-electron chi connectivity index (χ4n) is 3.48. The van der Waals surface area contributed by atoms with E-state index in [1.165, 1.54) is 0 Å². The van der Waals surface area contributed by atoms with Crippen LogP contribution < -0.4 is 9.47 Å². The van der Waals surface area contributed by atoms with Crippen molar-refractivity contribution in [3.8, 4) is 11.5 Å². The van der Waals surface area contributed by atoms with Gasteiger partial charge in [-0.1, -0.05) is 31.4 Å². The third-order valence-corrected chi connectivity index (χ3v) is 4.70. The summed E-state index contributed by atoms with van der Waals surface area (Å²) < 4.78 is 11.4. The smallest absolute Gasteiger partial charge is 0.235 e. The van der Waals surface area contributed by atoms with Gasteiger partial charge in [-0.2, -0.15) is 4.99 Å². The number of hydrogen-bond donors (Lipinski definition) is 0. The maximum Gasteiger partial charge on any atom is 0.235 e. The highest BCUT2D eigenvalue weighted by molar-refractivity contribution is 6.32. The summed E-state index contributed by atoms with van der Waals surface area (Å²) in [6, 6.07) is 1.90. The highest BCUT2D eigenvalue weighted by atomic mass is 35.5. The molecule has 112 valence electrons. The fraction of sp³-hybridized carbons (Fsp3) is 0.562. The molecular weight excluding hydrogens is 290 g/mol. The molecule has 0 radical (unpaired) electrons. The third-order valence-electron chi connectivity index (χ3n) is 4.41. The molecule has 1 aromatic rings. The van der Waals surface area contributed by atoms with Gasteiger partial charge in [0.15, 0.2) is 11.5 Å². The highest BCUT2D eigenvalue weighted by Gasteiger charge is 2.39. The second-order valence-electron chi connectivity index (χ2n) is 5.54. The Morgan fingerprint density at radius 1 is 1.29 bits per heavy atom. The molecule has 0 atom stereocenters. The number of rotatable bonds is 3. The summed E-state index contributed by atoms with van der Waals surface area (Å²) in [4.78, 5) is 15.1. The Hall–Kier alpha value is -1.51. The van der Waals surface area contributed by atoms with Crippen molar-refractivity contribution >= 4 is 17.7 Å². The van der Waals surface area contributed by atoms with Crippen molar-refractivity contribution in [2.45, 2.75) is 44.6 Å². The molecule has 0 amide bonds. The van der Waals surface area contributed by atoms with Gasteiger partial charge in [0.2, 0.25) is 6.08 Å². The topological polar surface area (TPSA) is 47.9 Å². The SMILES string of the molecule is CCc1c(C2(N=C=O)CCCC2)cc(Cl)c2c1OCCO2. The first-order valence-corrected chi connectivity index (χ1v) is 7.80. The molecule has 2 aliphatic rings. The fourth-order valence-corrected chi connectivity index (χ4v) is 3.73. The second-order valence-corrected chi connectivity index (χ2v) is 5.94. The maximum atomic E-state index is 10.9. The van der Waals surface area contributed by atoms with Crippen LogP contribution in [-0.2, 0) is 16.8 Å². The van der Waals surface area contributed by atoms with Gasteiger partial charge in [-0.15, -0.1) is 0 Å². The van der Waals surface area contributed by atoms with Crippen LogP contribution in [0.5, 0.6) is 11.5 Å². The zero-order valence-corrected chi connectivity index (χ0v) is 12.8. The van der Waals surface area contributed by atoms with Crippen molar-refractivity contribution in [2.24, 2.45) is 4.99 Å². The van der Waals surface area contributed by atoms with E-state index in [0.29, 0.717) is 24.0 Å². The minimum absolute atomic E-state index is 0.493. The first kappa shape index (κ1) is 14.4. The normalized spacial score (nSPS) is 19.1. The van der Waals surface area contributed by atoms with Gasteiger partial charge in [0.25, 0.3) is 0 Å². The molecule has 1 aliphatic heterocycles. The molecule has 0 unspecified atom stereocenters. The standard InChI is InChI=1S/C16H18ClNO3/c1-2-11-12(16(18-10-19)5-3-4-6-16)9-13(17)15-14(11)20-7-8-21-15/h9H,2-8H2,1H3. The summed E-state index contributed by atoms with van der Waals surface area (Å²) in [7, 11) is 0. The lowest BCUT2D eigenvalue weighted by molar-refractivity contribution is 0.169. The Balaban J connectivity index is 2.22. The van der Waals surface area contributed by atoms with E-state index in [1.807, 2.05) is 6.07 Å². The Labute approximate surface area is 129 Å². The van der Waals surface area contributed by atoms with Crippen LogP contribution in [0.2, 0.25) is 5.02 Å². The maximum absolute atomic E-state index is 10.9. The van der Waals surface area contributed by atoms with E-state index in [2.05, 4.69) is 11.9 Å². The van der Waals surface area contributed by atoms with E-state index in [4.69, 9.17) is 21.1 Å². The van der Waals surface area contributed by atoms with E-state index in [-0.39, 0.29) is 0 Å². The van der Waals surface area contributed by atoms with Crippen LogP contribution >= 0.6 is 11.6 Å². The third kappa shape index (κ3) is 2.33. The number of aliphatic imine (C=N–C) groups is 1. The molecule has 5 heteroatoms. The molecule has 0 bridgehead atoms. The highest BCUT2D eigenvalue weighted by Crippen LogP contribution is 2.50. The van der Waals surface area contributed by atoms with Crippen molar-refractivity contribution in [3.05, 3.63) is 22.2 Å². The van der Waals surface area contributed by atoms with Gasteiger partial charge in [-0.25, -0.2) is 4.79 Å². The molecule has 3 rings (SSSR count). The molecule has 0 aromatic heterocycles. The first-order chi connectivity index (χ1) is 10.2. The Kier molecular flexibility index (Phi) is 3.92. The molecule has 0 saturated heterocycles. The minimum Gasteiger partial charge on any atom is -0.486 e. The van der Waals surface area contributed by atoms with Crippen LogP contribution in [0.3, 0.4) is 0 Å². The summed E-state index contributed by atoms with van der Waals surface area (Å²) in [6.45, 7) is 3.09. The van der Waals surface area contributed by atoms with Gasteiger partial charge in [0.1, 0.15) is 13.2 Å². The van der Waals surface area contributed by atoms with E-state index in [0.717, 1.165) is 49.0 Å². The summed E-state index contributed by atoms with van der Waals surface area (Å²) in [6.07, 6.45) is 6.36. The number of nitrogens with zero attached hydrogens (tertiary/aromatic N) is 1. The molecule has 4 nitrogen and oxygen atoms in total. The van der Waals surface area contributed by atoms with Crippen LogP contribution in [-0.4, -0.2) is 19.3 Å². The number of carbonyl (C=O) groups excluding carboxylic acids is 1. The number of ether oxygens (including phenoxy) is 2. The molecular formula is C16H18ClNO3. The van der Waals surface area contributed by atoms with Crippen molar-refractivity contribution in [2.75, 3.05) is 13.2 Å². The van der Waals surface area contributed by atoms with Crippen LogP contribution in [0, 0.1) is 0 Å².